The molecule has 0 aliphatic rings. The number of hydrogen-bond donors (Lipinski definition) is 1. The monoisotopic (exact) mass is 424 g/mol. The number of nitrogens with one attached hydrogen (secondary N) is 1. The second-order valence-corrected chi connectivity index (χ2v) is 8.46. The summed E-state index contributed by atoms with van der Waals surface area (Å²) in [5.74, 6) is 0.0915. The Morgan fingerprint density at radius 3 is 2.33 bits per heavy atom. The zero-order chi connectivity index (χ0) is 21.7. The van der Waals surface area contributed by atoms with Gasteiger partial charge in [0.05, 0.1) is 12.8 Å². The Labute approximate surface area is 180 Å². The molecule has 6 nitrogen and oxygen atoms in total. The smallest absolute Gasteiger partial charge is 0.434 e. The number of ether oxygens (including phenoxy) is 2. The summed E-state index contributed by atoms with van der Waals surface area (Å²) < 4.78 is 10.7. The fourth-order valence-electron chi connectivity index (χ4n) is 2.67. The fraction of sp³-hybridized carbons (Fsp3) is 0.217. The molecule has 156 valence electrons. The molecule has 0 bridgehead atoms. The van der Waals surface area contributed by atoms with Crippen LogP contribution in [0.15, 0.2) is 66.0 Å². The average Bonchev–Trinajstić information content (AvgIpc) is 3.25. The maximum atomic E-state index is 12.8. The molecule has 3 rings (SSSR count). The summed E-state index contributed by atoms with van der Waals surface area (Å²) in [6.07, 6.45) is -0.678. The van der Waals surface area contributed by atoms with Gasteiger partial charge in [0.2, 0.25) is 0 Å². The van der Waals surface area contributed by atoms with Gasteiger partial charge >= 0.3 is 6.09 Å². The number of carbonyl (C=O) groups excluding carboxylic acids is 2. The Morgan fingerprint density at radius 1 is 1.00 bits per heavy atom. The third-order valence-corrected chi connectivity index (χ3v) is 4.97. The molecular formula is C23H24N2O4S. The van der Waals surface area contributed by atoms with E-state index in [1.807, 2.05) is 29.6 Å². The third kappa shape index (κ3) is 5.39. The van der Waals surface area contributed by atoms with Crippen molar-refractivity contribution in [3.8, 4) is 16.2 Å². The van der Waals surface area contributed by atoms with E-state index < -0.39 is 17.6 Å². The van der Waals surface area contributed by atoms with Crippen LogP contribution in [0.4, 0.5) is 10.5 Å². The van der Waals surface area contributed by atoms with Crippen molar-refractivity contribution in [2.75, 3.05) is 12.1 Å². The first kappa shape index (κ1) is 21.4. The van der Waals surface area contributed by atoms with Crippen molar-refractivity contribution in [3.05, 3.63) is 71.6 Å². The highest BCUT2D eigenvalue weighted by atomic mass is 32.1. The van der Waals surface area contributed by atoms with Gasteiger partial charge in [0, 0.05) is 10.4 Å². The number of nitrogens with zero attached hydrogens (tertiary/aromatic N) is 1. The lowest BCUT2D eigenvalue weighted by molar-refractivity contribution is 0.0548. The number of benzene rings is 2. The minimum absolute atomic E-state index is 0.359. The zero-order valence-electron chi connectivity index (χ0n) is 17.3. The predicted molar refractivity (Wildman–Crippen MR) is 119 cm³/mol. The van der Waals surface area contributed by atoms with E-state index in [-0.39, 0.29) is 0 Å². The van der Waals surface area contributed by atoms with E-state index in [0.717, 1.165) is 15.4 Å². The first-order chi connectivity index (χ1) is 14.3. The molecule has 1 N–H and O–H groups in total. The van der Waals surface area contributed by atoms with Gasteiger partial charge in [-0.25, -0.2) is 4.79 Å². The summed E-state index contributed by atoms with van der Waals surface area (Å²) in [5.41, 5.74) is 3.80. The molecule has 2 amide bonds. The number of thiophene rings is 1. The van der Waals surface area contributed by atoms with Crippen LogP contribution < -0.4 is 15.2 Å². The molecule has 7 heteroatoms. The molecule has 0 aliphatic heterocycles. The van der Waals surface area contributed by atoms with Gasteiger partial charge in [-0.1, -0.05) is 24.3 Å². The maximum absolute atomic E-state index is 12.8. The lowest BCUT2D eigenvalue weighted by Crippen LogP contribution is -2.48. The summed E-state index contributed by atoms with van der Waals surface area (Å²) in [6.45, 7) is 5.31. The zero-order valence-corrected chi connectivity index (χ0v) is 18.2. The number of hydrazine groups is 1. The van der Waals surface area contributed by atoms with Crippen LogP contribution in [0.25, 0.3) is 10.4 Å². The summed E-state index contributed by atoms with van der Waals surface area (Å²) >= 11 is 1.63. The van der Waals surface area contributed by atoms with Gasteiger partial charge in [-0.3, -0.25) is 10.2 Å². The Bertz CT molecular complexity index is 1010. The second-order valence-electron chi connectivity index (χ2n) is 7.51. The maximum Gasteiger partial charge on any atom is 0.434 e. The number of methoxy groups -OCH3 is 1. The molecule has 2 aromatic carbocycles. The SMILES string of the molecule is COc1cccc(C(=O)NN(C(=O)OC(C)(C)C)c2ccc(-c3cccs3)cc2)c1. The molecule has 0 fully saturated rings. The summed E-state index contributed by atoms with van der Waals surface area (Å²) in [7, 11) is 1.53. The van der Waals surface area contributed by atoms with Crippen LogP contribution in [-0.2, 0) is 4.74 Å². The molecule has 1 heterocycles. The molecule has 0 radical (unpaired) electrons. The van der Waals surface area contributed by atoms with Gasteiger partial charge in [-0.2, -0.15) is 5.01 Å². The summed E-state index contributed by atoms with van der Waals surface area (Å²) in [4.78, 5) is 26.8. The normalized spacial score (nSPS) is 10.9. The van der Waals surface area contributed by atoms with Crippen molar-refractivity contribution in [2.45, 2.75) is 26.4 Å². The van der Waals surface area contributed by atoms with Gasteiger partial charge in [-0.15, -0.1) is 11.3 Å². The highest BCUT2D eigenvalue weighted by Crippen LogP contribution is 2.27. The quantitative estimate of drug-likeness (QED) is 0.561. The van der Waals surface area contributed by atoms with E-state index >= 15 is 0 Å². The molecule has 30 heavy (non-hydrogen) atoms. The second kappa shape index (κ2) is 9.00. The van der Waals surface area contributed by atoms with Crippen LogP contribution in [0.1, 0.15) is 31.1 Å². The van der Waals surface area contributed by atoms with Crippen LogP contribution in [0, 0.1) is 0 Å². The number of amides is 2. The highest BCUT2D eigenvalue weighted by molar-refractivity contribution is 7.13. The number of rotatable bonds is 4. The van der Waals surface area contributed by atoms with E-state index in [9.17, 15) is 9.59 Å². The standard InChI is InChI=1S/C23H24N2O4S/c1-23(2,3)29-22(27)25(24-21(26)17-7-5-8-19(15-17)28-4)18-12-10-16(11-13-18)20-9-6-14-30-20/h5-15H,1-4H3,(H,24,26). The van der Waals surface area contributed by atoms with Gasteiger partial charge in [0.25, 0.3) is 5.91 Å². The van der Waals surface area contributed by atoms with Gasteiger partial charge in [-0.05, 0) is 68.1 Å². The molecule has 0 aliphatic carbocycles. The van der Waals surface area contributed by atoms with Crippen molar-refractivity contribution in [1.82, 2.24) is 5.43 Å². The van der Waals surface area contributed by atoms with Crippen LogP contribution in [0.2, 0.25) is 0 Å². The van der Waals surface area contributed by atoms with Crippen molar-refractivity contribution in [2.24, 2.45) is 0 Å². The molecule has 0 atom stereocenters. The Kier molecular flexibility index (Phi) is 6.42. The van der Waals surface area contributed by atoms with Gasteiger partial charge < -0.3 is 9.47 Å². The first-order valence-electron chi connectivity index (χ1n) is 9.39. The number of carbonyl (C=O) groups is 2. The fourth-order valence-corrected chi connectivity index (χ4v) is 3.40. The molecule has 0 spiro atoms. The largest absolute Gasteiger partial charge is 0.497 e. The Morgan fingerprint density at radius 2 is 1.73 bits per heavy atom. The predicted octanol–water partition coefficient (Wildman–Crippen LogP) is 5.51. The summed E-state index contributed by atoms with van der Waals surface area (Å²) in [5, 5.41) is 3.12. The van der Waals surface area contributed by atoms with Crippen molar-refractivity contribution in [1.29, 1.82) is 0 Å². The molecule has 0 saturated carbocycles. The van der Waals surface area contributed by atoms with Crippen molar-refractivity contribution < 1.29 is 19.1 Å². The third-order valence-electron chi connectivity index (χ3n) is 4.05. The molecule has 0 unspecified atom stereocenters. The van der Waals surface area contributed by atoms with E-state index in [4.69, 9.17) is 9.47 Å². The van der Waals surface area contributed by atoms with Crippen molar-refractivity contribution in [3.63, 3.8) is 0 Å². The first-order valence-corrected chi connectivity index (χ1v) is 10.3. The average molecular weight is 425 g/mol. The van der Waals surface area contributed by atoms with E-state index in [2.05, 4.69) is 5.43 Å². The van der Waals surface area contributed by atoms with E-state index in [1.54, 1.807) is 68.5 Å². The van der Waals surface area contributed by atoms with Crippen LogP contribution in [0.3, 0.4) is 0 Å². The lowest BCUT2D eigenvalue weighted by atomic mass is 10.1. The molecule has 0 saturated heterocycles. The Balaban J connectivity index is 1.88. The molecule has 3 aromatic rings. The van der Waals surface area contributed by atoms with Crippen LogP contribution in [-0.4, -0.2) is 24.7 Å². The minimum atomic E-state index is -0.715. The summed E-state index contributed by atoms with van der Waals surface area (Å²) in [6, 6.07) is 18.0. The minimum Gasteiger partial charge on any atom is -0.497 e. The van der Waals surface area contributed by atoms with E-state index in [0.29, 0.717) is 17.0 Å². The molecule has 1 aromatic heterocycles. The number of hydrogen-bond acceptors (Lipinski definition) is 5. The van der Waals surface area contributed by atoms with Crippen LogP contribution >= 0.6 is 11.3 Å². The topological polar surface area (TPSA) is 67.9 Å². The van der Waals surface area contributed by atoms with E-state index in [1.165, 1.54) is 7.11 Å². The van der Waals surface area contributed by atoms with Gasteiger partial charge in [0.1, 0.15) is 11.4 Å². The highest BCUT2D eigenvalue weighted by Gasteiger charge is 2.25. The van der Waals surface area contributed by atoms with Crippen molar-refractivity contribution >= 4 is 29.0 Å². The van der Waals surface area contributed by atoms with Gasteiger partial charge in [0.15, 0.2) is 0 Å². The van der Waals surface area contributed by atoms with Crippen LogP contribution in [0.5, 0.6) is 5.75 Å². The Hall–Kier alpha value is -3.32. The number of anilines is 1. The molecular weight excluding hydrogens is 400 g/mol. The lowest BCUT2D eigenvalue weighted by Gasteiger charge is -2.27.